The van der Waals surface area contributed by atoms with Crippen LogP contribution in [0.2, 0.25) is 0 Å². The normalized spacial score (nSPS) is 32.2. The van der Waals surface area contributed by atoms with E-state index in [-0.39, 0.29) is 17.9 Å². The Balaban J connectivity index is 1.27. The molecule has 132 valence electrons. The molecular weight excluding hydrogens is 316 g/mol. The van der Waals surface area contributed by atoms with Crippen LogP contribution in [0.3, 0.4) is 0 Å². The third-order valence-corrected chi connectivity index (χ3v) is 6.28. The topological polar surface area (TPSA) is 64.7 Å². The fourth-order valence-electron chi connectivity index (χ4n) is 4.86. The van der Waals surface area contributed by atoms with Crippen molar-refractivity contribution in [3.05, 3.63) is 34.9 Å². The molecule has 4 aliphatic rings. The van der Waals surface area contributed by atoms with Crippen LogP contribution in [0.15, 0.2) is 18.2 Å². The molecule has 2 N–H and O–H groups in total. The van der Waals surface area contributed by atoms with Crippen LogP contribution in [0.25, 0.3) is 0 Å². The quantitative estimate of drug-likeness (QED) is 0.778. The van der Waals surface area contributed by atoms with E-state index in [4.69, 9.17) is 0 Å². The van der Waals surface area contributed by atoms with Gasteiger partial charge in [0.15, 0.2) is 0 Å². The number of piperazine rings is 1. The highest BCUT2D eigenvalue weighted by molar-refractivity contribution is 6.00. The summed E-state index contributed by atoms with van der Waals surface area (Å²) in [7, 11) is 0. The van der Waals surface area contributed by atoms with E-state index in [1.165, 1.54) is 23.1 Å². The zero-order valence-electron chi connectivity index (χ0n) is 14.3. The van der Waals surface area contributed by atoms with Gasteiger partial charge in [0.2, 0.25) is 11.8 Å². The van der Waals surface area contributed by atoms with Gasteiger partial charge < -0.3 is 5.32 Å². The van der Waals surface area contributed by atoms with E-state index in [1.54, 1.807) is 0 Å². The molecule has 0 aliphatic carbocycles. The minimum Gasteiger partial charge on any atom is -0.314 e. The Morgan fingerprint density at radius 1 is 1.08 bits per heavy atom. The van der Waals surface area contributed by atoms with Crippen molar-refractivity contribution in [2.45, 2.75) is 57.0 Å². The first kappa shape index (κ1) is 15.5. The molecule has 4 aliphatic heterocycles. The Bertz CT molecular complexity index is 720. The van der Waals surface area contributed by atoms with Gasteiger partial charge in [0.25, 0.3) is 0 Å². The molecule has 4 heterocycles. The zero-order chi connectivity index (χ0) is 17.0. The van der Waals surface area contributed by atoms with E-state index in [0.717, 1.165) is 32.7 Å². The van der Waals surface area contributed by atoms with Crippen LogP contribution < -0.4 is 10.6 Å². The number of carbonyl (C=O) groups excluding carboxylic acids is 2. The standard InChI is InChI=1S/C19H24N4O2/c24-18-4-3-17(19(25)21-18)22-10-13-2-1-12(5-14(13)11-22)9-23-15-6-16(23)8-20-7-15/h1-2,5,15-17,20H,3-4,6-11H2,(H,21,24,25). The van der Waals surface area contributed by atoms with Crippen molar-refractivity contribution in [3.63, 3.8) is 0 Å². The van der Waals surface area contributed by atoms with E-state index in [1.807, 2.05) is 0 Å². The van der Waals surface area contributed by atoms with Gasteiger partial charge in [0, 0.05) is 51.2 Å². The third kappa shape index (κ3) is 2.69. The van der Waals surface area contributed by atoms with Crippen LogP contribution in [0.5, 0.6) is 0 Å². The Kier molecular flexibility index (Phi) is 3.66. The third-order valence-electron chi connectivity index (χ3n) is 6.28. The number of benzene rings is 1. The van der Waals surface area contributed by atoms with Crippen molar-refractivity contribution in [3.8, 4) is 0 Å². The molecule has 3 unspecified atom stereocenters. The second-order valence-electron chi connectivity index (χ2n) is 7.85. The molecule has 6 nitrogen and oxygen atoms in total. The molecule has 0 spiro atoms. The lowest BCUT2D eigenvalue weighted by Crippen LogP contribution is -2.67. The first-order chi connectivity index (χ1) is 12.2. The van der Waals surface area contributed by atoms with Gasteiger partial charge in [-0.2, -0.15) is 0 Å². The van der Waals surface area contributed by atoms with E-state index in [0.29, 0.717) is 24.9 Å². The molecule has 1 aromatic carbocycles. The molecule has 6 heteroatoms. The molecule has 2 amide bonds. The molecule has 0 radical (unpaired) electrons. The Morgan fingerprint density at radius 2 is 1.88 bits per heavy atom. The molecular formula is C19H24N4O2. The predicted octanol–water partition coefficient (Wildman–Crippen LogP) is 0.354. The average molecular weight is 340 g/mol. The molecule has 3 fully saturated rings. The van der Waals surface area contributed by atoms with Crippen molar-refractivity contribution in [2.75, 3.05) is 13.1 Å². The van der Waals surface area contributed by atoms with Gasteiger partial charge in [-0.05, 0) is 29.5 Å². The molecule has 1 aromatic rings. The van der Waals surface area contributed by atoms with E-state index in [9.17, 15) is 9.59 Å². The number of hydrogen-bond acceptors (Lipinski definition) is 5. The molecule has 5 rings (SSSR count). The highest BCUT2D eigenvalue weighted by atomic mass is 16.2. The summed E-state index contributed by atoms with van der Waals surface area (Å²) in [6.45, 7) is 4.88. The van der Waals surface area contributed by atoms with Crippen LogP contribution >= 0.6 is 0 Å². The maximum absolute atomic E-state index is 12.1. The first-order valence-electron chi connectivity index (χ1n) is 9.32. The maximum Gasteiger partial charge on any atom is 0.243 e. The Labute approximate surface area is 147 Å². The number of imide groups is 1. The number of hydrogen-bond donors (Lipinski definition) is 2. The molecule has 3 saturated heterocycles. The van der Waals surface area contributed by atoms with Crippen molar-refractivity contribution < 1.29 is 9.59 Å². The van der Waals surface area contributed by atoms with Gasteiger partial charge in [-0.1, -0.05) is 18.2 Å². The lowest BCUT2D eigenvalue weighted by Gasteiger charge is -2.53. The summed E-state index contributed by atoms with van der Waals surface area (Å²) < 4.78 is 0. The molecule has 3 atom stereocenters. The fourth-order valence-corrected chi connectivity index (χ4v) is 4.86. The molecule has 0 saturated carbocycles. The van der Waals surface area contributed by atoms with Gasteiger partial charge in [0.05, 0.1) is 6.04 Å². The van der Waals surface area contributed by atoms with E-state index < -0.39 is 0 Å². The minimum absolute atomic E-state index is 0.134. The second kappa shape index (κ2) is 5.90. The Hall–Kier alpha value is -1.76. The summed E-state index contributed by atoms with van der Waals surface area (Å²) in [5.74, 6) is -0.278. The summed E-state index contributed by atoms with van der Waals surface area (Å²) in [4.78, 5) is 28.3. The average Bonchev–Trinajstić information content (AvgIpc) is 3.03. The fraction of sp³-hybridized carbons (Fsp3) is 0.579. The molecule has 2 bridgehead atoms. The van der Waals surface area contributed by atoms with Crippen LogP contribution in [0.1, 0.15) is 36.0 Å². The smallest absolute Gasteiger partial charge is 0.243 e. The van der Waals surface area contributed by atoms with E-state index >= 15 is 0 Å². The van der Waals surface area contributed by atoms with Crippen molar-refractivity contribution in [2.24, 2.45) is 0 Å². The number of carbonyl (C=O) groups is 2. The summed E-state index contributed by atoms with van der Waals surface area (Å²) in [5.41, 5.74) is 4.03. The number of piperidine rings is 2. The zero-order valence-corrected chi connectivity index (χ0v) is 14.3. The van der Waals surface area contributed by atoms with Gasteiger partial charge in [0.1, 0.15) is 0 Å². The molecule has 0 aromatic heterocycles. The number of nitrogens with zero attached hydrogens (tertiary/aromatic N) is 2. The monoisotopic (exact) mass is 340 g/mol. The van der Waals surface area contributed by atoms with Gasteiger partial charge in [-0.15, -0.1) is 0 Å². The second-order valence-corrected chi connectivity index (χ2v) is 7.85. The SMILES string of the molecule is O=C1CCC(N2Cc3ccc(CN4C5CNCC4C5)cc3C2)C(=O)N1. The molecule has 25 heavy (non-hydrogen) atoms. The lowest BCUT2D eigenvalue weighted by molar-refractivity contribution is -0.137. The summed E-state index contributed by atoms with van der Waals surface area (Å²) in [6.07, 6.45) is 2.41. The number of rotatable bonds is 3. The van der Waals surface area contributed by atoms with Gasteiger partial charge in [-0.3, -0.25) is 24.7 Å². The van der Waals surface area contributed by atoms with Crippen molar-refractivity contribution in [1.82, 2.24) is 20.4 Å². The van der Waals surface area contributed by atoms with Crippen LogP contribution in [0, 0.1) is 0 Å². The summed E-state index contributed by atoms with van der Waals surface area (Å²) >= 11 is 0. The van der Waals surface area contributed by atoms with Crippen LogP contribution in [0.4, 0.5) is 0 Å². The van der Waals surface area contributed by atoms with Crippen molar-refractivity contribution in [1.29, 1.82) is 0 Å². The van der Waals surface area contributed by atoms with Crippen molar-refractivity contribution >= 4 is 11.8 Å². The van der Waals surface area contributed by atoms with Gasteiger partial charge in [-0.25, -0.2) is 0 Å². The highest BCUT2D eigenvalue weighted by Crippen LogP contribution is 2.32. The Morgan fingerprint density at radius 3 is 2.64 bits per heavy atom. The van der Waals surface area contributed by atoms with Crippen LogP contribution in [-0.2, 0) is 29.2 Å². The van der Waals surface area contributed by atoms with Gasteiger partial charge >= 0.3 is 0 Å². The lowest BCUT2D eigenvalue weighted by atomic mass is 9.88. The summed E-state index contributed by atoms with van der Waals surface area (Å²) in [5, 5.41) is 5.96. The number of amides is 2. The predicted molar refractivity (Wildman–Crippen MR) is 92.5 cm³/mol. The highest BCUT2D eigenvalue weighted by Gasteiger charge is 2.41. The maximum atomic E-state index is 12.1. The van der Waals surface area contributed by atoms with E-state index in [2.05, 4.69) is 38.6 Å². The summed E-state index contributed by atoms with van der Waals surface area (Å²) in [6, 6.07) is 8.02. The first-order valence-corrected chi connectivity index (χ1v) is 9.32. The minimum atomic E-state index is -0.172. The number of nitrogens with one attached hydrogen (secondary N) is 2. The van der Waals surface area contributed by atoms with Crippen LogP contribution in [-0.4, -0.2) is 52.8 Å². The number of fused-ring (bicyclic) bond motifs is 3. The largest absolute Gasteiger partial charge is 0.314 e.